The summed E-state index contributed by atoms with van der Waals surface area (Å²) in [7, 11) is 0. The van der Waals surface area contributed by atoms with Crippen molar-refractivity contribution in [3.05, 3.63) is 54.1 Å². The van der Waals surface area contributed by atoms with Crippen LogP contribution in [0.25, 0.3) is 0 Å². The van der Waals surface area contributed by atoms with Gasteiger partial charge >= 0.3 is 0 Å². The van der Waals surface area contributed by atoms with Gasteiger partial charge in [0.25, 0.3) is 0 Å². The molecule has 0 aliphatic heterocycles. The molecule has 3 N–H and O–H groups in total. The lowest BCUT2D eigenvalue weighted by Gasteiger charge is -2.20. The molecule has 0 aliphatic rings. The second-order valence-electron chi connectivity index (χ2n) is 6.25. The molecule has 3 unspecified atom stereocenters. The van der Waals surface area contributed by atoms with E-state index >= 15 is 0 Å². The van der Waals surface area contributed by atoms with E-state index in [-0.39, 0.29) is 18.4 Å². The van der Waals surface area contributed by atoms with E-state index in [0.717, 1.165) is 12.8 Å². The average molecular weight is 378 g/mol. The number of hydrogen-bond acceptors (Lipinski definition) is 5. The normalized spacial score (nSPS) is 14.6. The first kappa shape index (κ1) is 20.6. The predicted octanol–water partition coefficient (Wildman–Crippen LogP) is 2.48. The van der Waals surface area contributed by atoms with Crippen molar-refractivity contribution in [2.75, 3.05) is 19.4 Å². The van der Waals surface area contributed by atoms with Crippen LogP contribution in [0.3, 0.4) is 0 Å². The highest BCUT2D eigenvalue weighted by Gasteiger charge is 2.14. The van der Waals surface area contributed by atoms with Crippen LogP contribution < -0.4 is 10.1 Å². The second kappa shape index (κ2) is 10.4. The molecule has 2 aromatic rings. The quantitative estimate of drug-likeness (QED) is 0.554. The Balaban J connectivity index is 1.79. The summed E-state index contributed by atoms with van der Waals surface area (Å²) in [6, 6.07) is 15.1. The van der Waals surface area contributed by atoms with E-state index in [1.54, 1.807) is 6.07 Å². The van der Waals surface area contributed by atoms with Crippen LogP contribution in [0.15, 0.2) is 53.4 Å². The van der Waals surface area contributed by atoms with Gasteiger partial charge < -0.3 is 24.8 Å². The maximum atomic E-state index is 11.6. The van der Waals surface area contributed by atoms with E-state index in [2.05, 4.69) is 24.4 Å². The number of ether oxygens (including phenoxy) is 1. The van der Waals surface area contributed by atoms with Crippen molar-refractivity contribution >= 4 is 11.2 Å². The second-order valence-corrected chi connectivity index (χ2v) is 7.60. The predicted molar refractivity (Wildman–Crippen MR) is 104 cm³/mol. The zero-order chi connectivity index (χ0) is 18.9. The highest BCUT2D eigenvalue weighted by Crippen LogP contribution is 2.27. The molecule has 26 heavy (non-hydrogen) atoms. The van der Waals surface area contributed by atoms with Gasteiger partial charge in [-0.25, -0.2) is 0 Å². The van der Waals surface area contributed by atoms with Gasteiger partial charge in [-0.1, -0.05) is 37.3 Å². The fourth-order valence-electron chi connectivity index (χ4n) is 2.63. The minimum Gasteiger partial charge on any atom is -0.612 e. The Bertz CT molecular complexity index is 666. The van der Waals surface area contributed by atoms with Gasteiger partial charge in [0.15, 0.2) is 10.6 Å². The van der Waals surface area contributed by atoms with Crippen molar-refractivity contribution in [2.45, 2.75) is 36.8 Å². The number of aromatic hydroxyl groups is 1. The Labute approximate surface area is 158 Å². The third-order valence-electron chi connectivity index (χ3n) is 4.14. The minimum atomic E-state index is -1.30. The fourth-order valence-corrected chi connectivity index (χ4v) is 3.27. The first-order valence-electron chi connectivity index (χ1n) is 8.74. The zero-order valence-corrected chi connectivity index (χ0v) is 16.0. The van der Waals surface area contributed by atoms with Crippen LogP contribution >= 0.6 is 0 Å². The van der Waals surface area contributed by atoms with Crippen molar-refractivity contribution in [1.29, 1.82) is 0 Å². The van der Waals surface area contributed by atoms with Gasteiger partial charge in [-0.05, 0) is 41.7 Å². The van der Waals surface area contributed by atoms with E-state index < -0.39 is 17.3 Å². The van der Waals surface area contributed by atoms with E-state index in [1.807, 2.05) is 18.2 Å². The lowest BCUT2D eigenvalue weighted by Crippen LogP contribution is -2.38. The third kappa shape index (κ3) is 6.53. The van der Waals surface area contributed by atoms with Gasteiger partial charge in [-0.15, -0.1) is 0 Å². The van der Waals surface area contributed by atoms with Crippen LogP contribution in [-0.2, 0) is 17.6 Å². The van der Waals surface area contributed by atoms with Crippen LogP contribution in [0.2, 0.25) is 0 Å². The molecule has 2 aromatic carbocycles. The van der Waals surface area contributed by atoms with Crippen LogP contribution in [0.1, 0.15) is 18.9 Å². The number of aliphatic hydroxyl groups is 1. The third-order valence-corrected chi connectivity index (χ3v) is 5.09. The molecule has 0 amide bonds. The fraction of sp³-hybridized carbons (Fsp3) is 0.400. The Morgan fingerprint density at radius 2 is 1.92 bits per heavy atom. The summed E-state index contributed by atoms with van der Waals surface area (Å²) in [6.07, 6.45) is 2.71. The molecule has 142 valence electrons. The van der Waals surface area contributed by atoms with Crippen molar-refractivity contribution in [2.24, 2.45) is 0 Å². The number of aliphatic hydroxyl groups excluding tert-OH is 1. The molecule has 0 radical (unpaired) electrons. The molecular weight excluding hydrogens is 350 g/mol. The summed E-state index contributed by atoms with van der Waals surface area (Å²) in [5.74, 6) is 0.454. The van der Waals surface area contributed by atoms with Gasteiger partial charge in [0.2, 0.25) is 0 Å². The van der Waals surface area contributed by atoms with E-state index in [1.165, 1.54) is 24.0 Å². The lowest BCUT2D eigenvalue weighted by molar-refractivity contribution is 0.103. The number of hydrogen-bond donors (Lipinski definition) is 3. The number of rotatable bonds is 10. The molecular formula is C20H27NO4S. The average Bonchev–Trinajstić information content (AvgIpc) is 2.65. The van der Waals surface area contributed by atoms with Crippen molar-refractivity contribution in [3.8, 4) is 11.5 Å². The highest BCUT2D eigenvalue weighted by atomic mass is 32.2. The SMILES string of the molecule is CCC(Cc1ccccc1)NCC(O)COc1ccc(O)c([S+](C)[O-])c1. The van der Waals surface area contributed by atoms with Crippen molar-refractivity contribution in [1.82, 2.24) is 5.32 Å². The van der Waals surface area contributed by atoms with Crippen LogP contribution in [0.4, 0.5) is 0 Å². The Hall–Kier alpha value is -1.73. The highest BCUT2D eigenvalue weighted by molar-refractivity contribution is 7.90. The van der Waals surface area contributed by atoms with Gasteiger partial charge in [-0.3, -0.25) is 0 Å². The van der Waals surface area contributed by atoms with E-state index in [0.29, 0.717) is 17.2 Å². The summed E-state index contributed by atoms with van der Waals surface area (Å²) in [5.41, 5.74) is 1.27. The summed E-state index contributed by atoms with van der Waals surface area (Å²) in [5, 5.41) is 23.2. The molecule has 0 spiro atoms. The van der Waals surface area contributed by atoms with Crippen molar-refractivity contribution < 1.29 is 19.5 Å². The molecule has 6 heteroatoms. The molecule has 0 fully saturated rings. The molecule has 0 heterocycles. The summed E-state index contributed by atoms with van der Waals surface area (Å²) in [6.45, 7) is 2.66. The molecule has 0 bridgehead atoms. The van der Waals surface area contributed by atoms with Crippen LogP contribution in [-0.4, -0.2) is 46.3 Å². The van der Waals surface area contributed by atoms with Gasteiger partial charge in [-0.2, -0.15) is 0 Å². The van der Waals surface area contributed by atoms with Crippen molar-refractivity contribution in [3.63, 3.8) is 0 Å². The molecule has 2 rings (SSSR count). The Morgan fingerprint density at radius 1 is 1.19 bits per heavy atom. The lowest BCUT2D eigenvalue weighted by atomic mass is 10.0. The van der Waals surface area contributed by atoms with E-state index in [4.69, 9.17) is 4.74 Å². The smallest absolute Gasteiger partial charge is 0.197 e. The Morgan fingerprint density at radius 3 is 2.58 bits per heavy atom. The molecule has 0 saturated heterocycles. The van der Waals surface area contributed by atoms with Crippen LogP contribution in [0, 0.1) is 0 Å². The minimum absolute atomic E-state index is 0.0212. The molecule has 0 aliphatic carbocycles. The first-order valence-corrected chi connectivity index (χ1v) is 10.3. The molecule has 3 atom stereocenters. The number of phenolic OH excluding ortho intramolecular Hbond substituents is 1. The summed E-state index contributed by atoms with van der Waals surface area (Å²) >= 11 is -1.30. The number of phenols is 1. The van der Waals surface area contributed by atoms with Gasteiger partial charge in [0.05, 0.1) is 0 Å². The van der Waals surface area contributed by atoms with E-state index in [9.17, 15) is 14.8 Å². The summed E-state index contributed by atoms with van der Waals surface area (Å²) < 4.78 is 17.1. The topological polar surface area (TPSA) is 84.8 Å². The summed E-state index contributed by atoms with van der Waals surface area (Å²) in [4.78, 5) is 0.323. The van der Waals surface area contributed by atoms with Gasteiger partial charge in [0.1, 0.15) is 24.7 Å². The maximum Gasteiger partial charge on any atom is 0.197 e. The monoisotopic (exact) mass is 377 g/mol. The zero-order valence-electron chi connectivity index (χ0n) is 15.2. The van der Waals surface area contributed by atoms with Gasteiger partial charge in [0, 0.05) is 18.7 Å². The standard InChI is InChI=1S/C20H27NO4S/c1-3-16(11-15-7-5-4-6-8-15)21-13-17(22)14-25-18-9-10-19(23)20(12-18)26(2)24/h4-10,12,16-17,21-23H,3,11,13-14H2,1-2H3. The first-order chi connectivity index (χ1) is 12.5. The maximum absolute atomic E-state index is 11.6. The number of benzene rings is 2. The number of nitrogens with one attached hydrogen (secondary N) is 1. The molecule has 5 nitrogen and oxygen atoms in total. The molecule has 0 saturated carbocycles. The largest absolute Gasteiger partial charge is 0.612 e. The molecule has 0 aromatic heterocycles. The Kier molecular flexibility index (Phi) is 8.25. The van der Waals surface area contributed by atoms with Crippen LogP contribution in [0.5, 0.6) is 11.5 Å².